The number of anilines is 1. The van der Waals surface area contributed by atoms with E-state index < -0.39 is 0 Å². The largest absolute Gasteiger partial charge is 0.350 e. The molecule has 1 aliphatic rings. The number of amides is 1. The van der Waals surface area contributed by atoms with E-state index in [2.05, 4.69) is 32.3 Å². The Balaban J connectivity index is 1.47. The van der Waals surface area contributed by atoms with Crippen LogP contribution in [0.15, 0.2) is 36.4 Å². The number of aryl methyl sites for hydroxylation is 2. The Morgan fingerprint density at radius 1 is 1.12 bits per heavy atom. The Bertz CT molecular complexity index is 711. The van der Waals surface area contributed by atoms with Gasteiger partial charge in [-0.3, -0.25) is 4.79 Å². The van der Waals surface area contributed by atoms with Crippen molar-refractivity contribution in [2.24, 2.45) is 0 Å². The summed E-state index contributed by atoms with van der Waals surface area (Å²) in [6.07, 6.45) is 6.01. The zero-order chi connectivity index (χ0) is 18.2. The standard InChI is InChI=1S/C21H28N4O/c1-17-15-19(24-21(23-17)25-13-6-3-7-14-25)16-22-20(26)12-8-11-18-9-4-2-5-10-18/h2,4-5,9-10,15H,3,6-8,11-14,16H2,1H3,(H,22,26). The van der Waals surface area contributed by atoms with Crippen molar-refractivity contribution >= 4 is 11.9 Å². The minimum atomic E-state index is 0.0803. The van der Waals surface area contributed by atoms with E-state index in [1.54, 1.807) is 0 Å². The minimum Gasteiger partial charge on any atom is -0.350 e. The zero-order valence-electron chi connectivity index (χ0n) is 15.6. The van der Waals surface area contributed by atoms with E-state index in [4.69, 9.17) is 0 Å². The van der Waals surface area contributed by atoms with Crippen LogP contribution in [-0.4, -0.2) is 29.0 Å². The third-order valence-electron chi connectivity index (χ3n) is 4.71. The van der Waals surface area contributed by atoms with Crippen molar-refractivity contribution in [3.05, 3.63) is 53.3 Å². The third-order valence-corrected chi connectivity index (χ3v) is 4.71. The molecule has 1 fully saturated rings. The van der Waals surface area contributed by atoms with Crippen molar-refractivity contribution in [2.45, 2.75) is 52.0 Å². The van der Waals surface area contributed by atoms with E-state index in [0.29, 0.717) is 13.0 Å². The number of carbonyl (C=O) groups excluding carboxylic acids is 1. The maximum Gasteiger partial charge on any atom is 0.225 e. The van der Waals surface area contributed by atoms with E-state index in [-0.39, 0.29) is 5.91 Å². The summed E-state index contributed by atoms with van der Waals surface area (Å²) in [6.45, 7) is 4.50. The lowest BCUT2D eigenvalue weighted by Crippen LogP contribution is -2.31. The van der Waals surface area contributed by atoms with Gasteiger partial charge in [-0.05, 0) is 50.7 Å². The van der Waals surface area contributed by atoms with Crippen LogP contribution in [0.5, 0.6) is 0 Å². The van der Waals surface area contributed by atoms with Crippen LogP contribution in [0.1, 0.15) is 49.1 Å². The molecule has 2 heterocycles. The first-order valence-electron chi connectivity index (χ1n) is 9.61. The first kappa shape index (κ1) is 18.4. The molecule has 3 rings (SSSR count). The molecule has 1 aliphatic heterocycles. The summed E-state index contributed by atoms with van der Waals surface area (Å²) in [7, 11) is 0. The maximum atomic E-state index is 12.1. The quantitative estimate of drug-likeness (QED) is 0.829. The smallest absolute Gasteiger partial charge is 0.225 e. The summed E-state index contributed by atoms with van der Waals surface area (Å²) in [6, 6.07) is 12.2. The fraction of sp³-hybridized carbons (Fsp3) is 0.476. The number of hydrogen-bond acceptors (Lipinski definition) is 4. The Hall–Kier alpha value is -2.43. The lowest BCUT2D eigenvalue weighted by Gasteiger charge is -2.27. The average Bonchev–Trinajstić information content (AvgIpc) is 2.67. The van der Waals surface area contributed by atoms with Crippen LogP contribution >= 0.6 is 0 Å². The Kier molecular flexibility index (Phi) is 6.58. The molecule has 0 bridgehead atoms. The second-order valence-electron chi connectivity index (χ2n) is 6.96. The van der Waals surface area contributed by atoms with Crippen LogP contribution in [0.4, 0.5) is 5.95 Å². The second kappa shape index (κ2) is 9.32. The normalized spacial score (nSPS) is 14.3. The van der Waals surface area contributed by atoms with E-state index in [0.717, 1.165) is 43.3 Å². The highest BCUT2D eigenvalue weighted by molar-refractivity contribution is 5.75. The van der Waals surface area contributed by atoms with Crippen LogP contribution < -0.4 is 10.2 Å². The van der Waals surface area contributed by atoms with Crippen molar-refractivity contribution in [2.75, 3.05) is 18.0 Å². The first-order valence-corrected chi connectivity index (χ1v) is 9.61. The molecule has 1 amide bonds. The van der Waals surface area contributed by atoms with Crippen molar-refractivity contribution in [1.29, 1.82) is 0 Å². The molecule has 2 aromatic rings. The molecule has 5 nitrogen and oxygen atoms in total. The summed E-state index contributed by atoms with van der Waals surface area (Å²) in [4.78, 5) is 23.6. The lowest BCUT2D eigenvalue weighted by molar-refractivity contribution is -0.121. The van der Waals surface area contributed by atoms with Gasteiger partial charge in [0, 0.05) is 25.2 Å². The Labute approximate surface area is 155 Å². The molecule has 0 radical (unpaired) electrons. The molecule has 1 N–H and O–H groups in total. The SMILES string of the molecule is Cc1cc(CNC(=O)CCCc2ccccc2)nc(N2CCCCC2)n1. The van der Waals surface area contributed by atoms with Gasteiger partial charge in [0.15, 0.2) is 0 Å². The predicted octanol–water partition coefficient (Wildman–Crippen LogP) is 3.41. The fourth-order valence-electron chi connectivity index (χ4n) is 3.32. The van der Waals surface area contributed by atoms with Gasteiger partial charge < -0.3 is 10.2 Å². The number of rotatable bonds is 7. The Morgan fingerprint density at radius 2 is 1.88 bits per heavy atom. The number of piperidine rings is 1. The summed E-state index contributed by atoms with van der Waals surface area (Å²) in [5.41, 5.74) is 3.11. The zero-order valence-corrected chi connectivity index (χ0v) is 15.6. The van der Waals surface area contributed by atoms with Crippen LogP contribution in [0.2, 0.25) is 0 Å². The number of carbonyl (C=O) groups is 1. The summed E-state index contributed by atoms with van der Waals surface area (Å²) in [5.74, 6) is 0.884. The fourth-order valence-corrected chi connectivity index (χ4v) is 3.32. The number of nitrogens with one attached hydrogen (secondary N) is 1. The molecule has 138 valence electrons. The highest BCUT2D eigenvalue weighted by atomic mass is 16.1. The van der Waals surface area contributed by atoms with Crippen LogP contribution in [0, 0.1) is 6.92 Å². The number of hydrogen-bond donors (Lipinski definition) is 1. The lowest BCUT2D eigenvalue weighted by atomic mass is 10.1. The van der Waals surface area contributed by atoms with Gasteiger partial charge in [0.2, 0.25) is 11.9 Å². The Morgan fingerprint density at radius 3 is 2.65 bits per heavy atom. The summed E-state index contributed by atoms with van der Waals surface area (Å²) >= 11 is 0. The molecule has 0 aliphatic carbocycles. The molecule has 1 saturated heterocycles. The van der Waals surface area contributed by atoms with Gasteiger partial charge in [-0.25, -0.2) is 9.97 Å². The maximum absolute atomic E-state index is 12.1. The van der Waals surface area contributed by atoms with Gasteiger partial charge in [0.25, 0.3) is 0 Å². The number of benzene rings is 1. The first-order chi connectivity index (χ1) is 12.7. The molecule has 26 heavy (non-hydrogen) atoms. The summed E-state index contributed by atoms with van der Waals surface area (Å²) < 4.78 is 0. The van der Waals surface area contributed by atoms with Gasteiger partial charge >= 0.3 is 0 Å². The molecule has 0 saturated carbocycles. The monoisotopic (exact) mass is 352 g/mol. The third kappa shape index (κ3) is 5.55. The van der Waals surface area contributed by atoms with Crippen LogP contribution in [0.3, 0.4) is 0 Å². The van der Waals surface area contributed by atoms with Gasteiger partial charge in [0.1, 0.15) is 0 Å². The van der Waals surface area contributed by atoms with Crippen molar-refractivity contribution in [3.8, 4) is 0 Å². The molecule has 0 spiro atoms. The number of aromatic nitrogens is 2. The van der Waals surface area contributed by atoms with E-state index in [1.165, 1.54) is 24.8 Å². The predicted molar refractivity (Wildman–Crippen MR) is 104 cm³/mol. The minimum absolute atomic E-state index is 0.0803. The molecule has 1 aromatic heterocycles. The van der Waals surface area contributed by atoms with Crippen molar-refractivity contribution in [1.82, 2.24) is 15.3 Å². The van der Waals surface area contributed by atoms with Gasteiger partial charge in [0.05, 0.1) is 12.2 Å². The molecule has 1 aromatic carbocycles. The van der Waals surface area contributed by atoms with Crippen LogP contribution in [0.25, 0.3) is 0 Å². The van der Waals surface area contributed by atoms with Gasteiger partial charge in [-0.15, -0.1) is 0 Å². The highest BCUT2D eigenvalue weighted by Crippen LogP contribution is 2.16. The highest BCUT2D eigenvalue weighted by Gasteiger charge is 2.14. The van der Waals surface area contributed by atoms with Crippen LogP contribution in [-0.2, 0) is 17.8 Å². The molecule has 0 atom stereocenters. The number of nitrogens with zero attached hydrogens (tertiary/aromatic N) is 3. The summed E-state index contributed by atoms with van der Waals surface area (Å²) in [5, 5.41) is 2.99. The topological polar surface area (TPSA) is 58.1 Å². The average molecular weight is 352 g/mol. The molecular formula is C21H28N4O. The van der Waals surface area contributed by atoms with E-state index >= 15 is 0 Å². The van der Waals surface area contributed by atoms with E-state index in [9.17, 15) is 4.79 Å². The van der Waals surface area contributed by atoms with Gasteiger partial charge in [-0.1, -0.05) is 30.3 Å². The van der Waals surface area contributed by atoms with Crippen molar-refractivity contribution < 1.29 is 4.79 Å². The molecule has 0 unspecified atom stereocenters. The van der Waals surface area contributed by atoms with Gasteiger partial charge in [-0.2, -0.15) is 0 Å². The second-order valence-corrected chi connectivity index (χ2v) is 6.96. The molecular weight excluding hydrogens is 324 g/mol. The van der Waals surface area contributed by atoms with E-state index in [1.807, 2.05) is 31.2 Å². The molecule has 5 heteroatoms. The van der Waals surface area contributed by atoms with Crippen molar-refractivity contribution in [3.63, 3.8) is 0 Å².